The number of carbonyl (C=O) groups is 2. The normalized spacial score (nSPS) is 14.6. The molecule has 1 heterocycles. The van der Waals surface area contributed by atoms with E-state index in [4.69, 9.17) is 11.6 Å². The van der Waals surface area contributed by atoms with E-state index in [9.17, 15) is 9.59 Å². The SMILES string of the molecule is Cc1ccccc1C(=O)NC(C(=O)N1CCCc2cc(Cl)ccc21)C(C)C. The van der Waals surface area contributed by atoms with Crippen molar-refractivity contribution in [2.24, 2.45) is 5.92 Å². The fraction of sp³-hybridized carbons (Fsp3) is 0.364. The fourth-order valence-electron chi connectivity index (χ4n) is 3.52. The second-order valence-electron chi connectivity index (χ2n) is 7.38. The number of amides is 2. The highest BCUT2D eigenvalue weighted by molar-refractivity contribution is 6.30. The topological polar surface area (TPSA) is 49.4 Å². The Labute approximate surface area is 165 Å². The van der Waals surface area contributed by atoms with E-state index in [2.05, 4.69) is 5.32 Å². The van der Waals surface area contributed by atoms with Crippen molar-refractivity contribution < 1.29 is 9.59 Å². The minimum Gasteiger partial charge on any atom is -0.340 e. The quantitative estimate of drug-likeness (QED) is 0.850. The molecular weight excluding hydrogens is 360 g/mol. The van der Waals surface area contributed by atoms with Crippen LogP contribution in [0.15, 0.2) is 42.5 Å². The molecular formula is C22H25ClN2O2. The van der Waals surface area contributed by atoms with Crippen LogP contribution in [-0.2, 0) is 11.2 Å². The summed E-state index contributed by atoms with van der Waals surface area (Å²) in [6.45, 7) is 6.45. The van der Waals surface area contributed by atoms with Crippen LogP contribution in [0.5, 0.6) is 0 Å². The van der Waals surface area contributed by atoms with Crippen molar-refractivity contribution in [2.45, 2.75) is 39.7 Å². The Morgan fingerprint density at radius 2 is 1.89 bits per heavy atom. The molecule has 27 heavy (non-hydrogen) atoms. The molecule has 2 aromatic carbocycles. The van der Waals surface area contributed by atoms with Crippen LogP contribution < -0.4 is 10.2 Å². The van der Waals surface area contributed by atoms with E-state index >= 15 is 0 Å². The van der Waals surface area contributed by atoms with Crippen molar-refractivity contribution in [1.29, 1.82) is 0 Å². The van der Waals surface area contributed by atoms with Crippen LogP contribution in [0.2, 0.25) is 5.02 Å². The van der Waals surface area contributed by atoms with E-state index in [0.29, 0.717) is 17.1 Å². The summed E-state index contributed by atoms with van der Waals surface area (Å²) in [7, 11) is 0. The zero-order valence-electron chi connectivity index (χ0n) is 16.0. The van der Waals surface area contributed by atoms with E-state index in [0.717, 1.165) is 29.7 Å². The number of carbonyl (C=O) groups excluding carboxylic acids is 2. The minimum absolute atomic E-state index is 0.0249. The number of halogens is 1. The lowest BCUT2D eigenvalue weighted by Gasteiger charge is -2.34. The van der Waals surface area contributed by atoms with Gasteiger partial charge in [-0.15, -0.1) is 0 Å². The van der Waals surface area contributed by atoms with Gasteiger partial charge in [0, 0.05) is 22.8 Å². The molecule has 0 aromatic heterocycles. The van der Waals surface area contributed by atoms with E-state index in [1.165, 1.54) is 0 Å². The van der Waals surface area contributed by atoms with Crippen molar-refractivity contribution in [2.75, 3.05) is 11.4 Å². The maximum absolute atomic E-state index is 13.3. The maximum Gasteiger partial charge on any atom is 0.252 e. The number of rotatable bonds is 4. The number of hydrogen-bond donors (Lipinski definition) is 1. The zero-order chi connectivity index (χ0) is 19.6. The largest absolute Gasteiger partial charge is 0.340 e. The van der Waals surface area contributed by atoms with Crippen molar-refractivity contribution in [3.8, 4) is 0 Å². The monoisotopic (exact) mass is 384 g/mol. The standard InChI is InChI=1S/C22H25ClN2O2/c1-14(2)20(24-21(26)18-9-5-4-7-15(18)3)22(27)25-12-6-8-16-13-17(23)10-11-19(16)25/h4-5,7,9-11,13-14,20H,6,8,12H2,1-3H3,(H,24,26). The molecule has 2 aromatic rings. The summed E-state index contributed by atoms with van der Waals surface area (Å²) in [4.78, 5) is 27.9. The van der Waals surface area contributed by atoms with Gasteiger partial charge in [0.05, 0.1) is 0 Å². The first kappa shape index (κ1) is 19.4. The Bertz CT molecular complexity index is 863. The summed E-state index contributed by atoms with van der Waals surface area (Å²) < 4.78 is 0. The molecule has 4 nitrogen and oxygen atoms in total. The highest BCUT2D eigenvalue weighted by atomic mass is 35.5. The van der Waals surface area contributed by atoms with Crippen LogP contribution in [0.1, 0.15) is 41.8 Å². The van der Waals surface area contributed by atoms with Crippen molar-refractivity contribution in [3.63, 3.8) is 0 Å². The molecule has 0 radical (unpaired) electrons. The number of anilines is 1. The highest BCUT2D eigenvalue weighted by Gasteiger charge is 2.32. The van der Waals surface area contributed by atoms with E-state index < -0.39 is 6.04 Å². The van der Waals surface area contributed by atoms with Crippen LogP contribution in [0.25, 0.3) is 0 Å². The predicted octanol–water partition coefficient (Wildman–Crippen LogP) is 4.38. The summed E-state index contributed by atoms with van der Waals surface area (Å²) in [6, 6.07) is 12.4. The van der Waals surface area contributed by atoms with Gasteiger partial charge in [-0.2, -0.15) is 0 Å². The first-order valence-corrected chi connectivity index (χ1v) is 9.72. The lowest BCUT2D eigenvalue weighted by Crippen LogP contribution is -2.52. The van der Waals surface area contributed by atoms with E-state index in [1.807, 2.05) is 57.2 Å². The molecule has 3 rings (SSSR count). The van der Waals surface area contributed by atoms with Gasteiger partial charge in [0.25, 0.3) is 5.91 Å². The molecule has 2 amide bonds. The third-order valence-corrected chi connectivity index (χ3v) is 5.27. The Balaban J connectivity index is 1.85. The summed E-state index contributed by atoms with van der Waals surface area (Å²) in [5.41, 5.74) is 3.46. The van der Waals surface area contributed by atoms with Crippen LogP contribution in [0.4, 0.5) is 5.69 Å². The molecule has 142 valence electrons. The molecule has 1 unspecified atom stereocenters. The third kappa shape index (κ3) is 4.16. The number of hydrogen-bond acceptors (Lipinski definition) is 2. The molecule has 5 heteroatoms. The average Bonchev–Trinajstić information content (AvgIpc) is 2.64. The van der Waals surface area contributed by atoms with Crippen molar-refractivity contribution in [1.82, 2.24) is 5.32 Å². The molecule has 0 spiro atoms. The summed E-state index contributed by atoms with van der Waals surface area (Å²) in [5, 5.41) is 3.63. The second-order valence-corrected chi connectivity index (χ2v) is 7.81. The van der Waals surface area contributed by atoms with Gasteiger partial charge < -0.3 is 10.2 Å². The number of nitrogens with zero attached hydrogens (tertiary/aromatic N) is 1. The highest BCUT2D eigenvalue weighted by Crippen LogP contribution is 2.30. The Morgan fingerprint density at radius 3 is 2.59 bits per heavy atom. The predicted molar refractivity (Wildman–Crippen MR) is 109 cm³/mol. The van der Waals surface area contributed by atoms with Crippen LogP contribution in [0, 0.1) is 12.8 Å². The van der Waals surface area contributed by atoms with Gasteiger partial charge in [-0.05, 0) is 61.1 Å². The molecule has 1 aliphatic rings. The first-order valence-electron chi connectivity index (χ1n) is 9.34. The number of fused-ring (bicyclic) bond motifs is 1. The fourth-order valence-corrected chi connectivity index (χ4v) is 3.72. The molecule has 0 saturated carbocycles. The average molecular weight is 385 g/mol. The molecule has 0 saturated heterocycles. The Kier molecular flexibility index (Phi) is 5.85. The molecule has 0 fully saturated rings. The van der Waals surface area contributed by atoms with E-state index in [-0.39, 0.29) is 17.7 Å². The van der Waals surface area contributed by atoms with Gasteiger partial charge in [-0.25, -0.2) is 0 Å². The molecule has 1 N–H and O–H groups in total. The lowest BCUT2D eigenvalue weighted by atomic mass is 9.97. The Morgan fingerprint density at radius 1 is 1.15 bits per heavy atom. The van der Waals surface area contributed by atoms with Gasteiger partial charge >= 0.3 is 0 Å². The first-order chi connectivity index (χ1) is 12.9. The van der Waals surface area contributed by atoms with Gasteiger partial charge in [0.15, 0.2) is 0 Å². The van der Waals surface area contributed by atoms with E-state index in [1.54, 1.807) is 11.0 Å². The van der Waals surface area contributed by atoms with Crippen molar-refractivity contribution >= 4 is 29.1 Å². The van der Waals surface area contributed by atoms with Crippen LogP contribution in [0.3, 0.4) is 0 Å². The number of benzene rings is 2. The minimum atomic E-state index is -0.585. The number of aryl methyl sites for hydroxylation is 2. The lowest BCUT2D eigenvalue weighted by molar-refractivity contribution is -0.121. The van der Waals surface area contributed by atoms with Gasteiger partial charge in [0.1, 0.15) is 6.04 Å². The summed E-state index contributed by atoms with van der Waals surface area (Å²) in [6.07, 6.45) is 1.79. The second kappa shape index (κ2) is 8.13. The molecule has 0 aliphatic carbocycles. The zero-order valence-corrected chi connectivity index (χ0v) is 16.7. The van der Waals surface area contributed by atoms with Crippen molar-refractivity contribution in [3.05, 3.63) is 64.2 Å². The number of nitrogens with one attached hydrogen (secondary N) is 1. The van der Waals surface area contributed by atoms with Gasteiger partial charge in [-0.1, -0.05) is 43.6 Å². The van der Waals surface area contributed by atoms with Crippen LogP contribution >= 0.6 is 11.6 Å². The molecule has 0 bridgehead atoms. The van der Waals surface area contributed by atoms with Gasteiger partial charge in [0.2, 0.25) is 5.91 Å². The summed E-state index contributed by atoms with van der Waals surface area (Å²) in [5.74, 6) is -0.313. The third-order valence-electron chi connectivity index (χ3n) is 5.04. The van der Waals surface area contributed by atoms with Crippen LogP contribution in [-0.4, -0.2) is 24.4 Å². The Hall–Kier alpha value is -2.33. The molecule has 1 atom stereocenters. The smallest absolute Gasteiger partial charge is 0.252 e. The van der Waals surface area contributed by atoms with Gasteiger partial charge in [-0.3, -0.25) is 9.59 Å². The summed E-state index contributed by atoms with van der Waals surface area (Å²) >= 11 is 6.11. The maximum atomic E-state index is 13.3. The molecule has 1 aliphatic heterocycles.